The number of benzene rings is 1. The molecule has 0 spiro atoms. The first-order valence-corrected chi connectivity index (χ1v) is 8.80. The molecule has 1 fully saturated rings. The summed E-state index contributed by atoms with van der Waals surface area (Å²) in [4.78, 5) is 13.5. The first-order valence-electron chi connectivity index (χ1n) is 8.80. The molecular weight excluding hydrogens is 284 g/mol. The van der Waals surface area contributed by atoms with Gasteiger partial charge in [0.05, 0.1) is 0 Å². The Bertz CT molecular complexity index is 530. The van der Waals surface area contributed by atoms with Crippen LogP contribution in [0.2, 0.25) is 0 Å². The SMILES string of the molecule is CC(=O)N1CC[C@H](N[C@H](C)c2ccc(C(C)(C)C)cc2)[C@@H](C)C1. The van der Waals surface area contributed by atoms with E-state index in [4.69, 9.17) is 0 Å². The molecule has 0 bridgehead atoms. The number of amides is 1. The predicted octanol–water partition coefficient (Wildman–Crippen LogP) is 3.89. The molecule has 23 heavy (non-hydrogen) atoms. The Kier molecular flexibility index (Phi) is 5.51. The van der Waals surface area contributed by atoms with Crippen LogP contribution >= 0.6 is 0 Å². The molecule has 1 N–H and O–H groups in total. The van der Waals surface area contributed by atoms with Crippen molar-refractivity contribution in [2.24, 2.45) is 5.92 Å². The minimum atomic E-state index is 0.195. The Hall–Kier alpha value is -1.35. The van der Waals surface area contributed by atoms with Crippen LogP contribution in [0.1, 0.15) is 65.1 Å². The van der Waals surface area contributed by atoms with Crippen molar-refractivity contribution < 1.29 is 4.79 Å². The van der Waals surface area contributed by atoms with Crippen LogP contribution in [-0.2, 0) is 10.2 Å². The summed E-state index contributed by atoms with van der Waals surface area (Å²) in [5.74, 6) is 0.685. The van der Waals surface area contributed by atoms with E-state index in [-0.39, 0.29) is 11.3 Å². The van der Waals surface area contributed by atoms with Crippen LogP contribution < -0.4 is 5.32 Å². The fraction of sp³-hybridized carbons (Fsp3) is 0.650. The van der Waals surface area contributed by atoms with Gasteiger partial charge in [-0.3, -0.25) is 4.79 Å². The summed E-state index contributed by atoms with van der Waals surface area (Å²) in [5, 5.41) is 3.76. The maximum atomic E-state index is 11.5. The summed E-state index contributed by atoms with van der Waals surface area (Å²) in [7, 11) is 0. The fourth-order valence-corrected chi connectivity index (χ4v) is 3.37. The molecule has 0 aliphatic carbocycles. The molecule has 128 valence electrons. The van der Waals surface area contributed by atoms with Crippen LogP contribution in [0.4, 0.5) is 0 Å². The molecule has 1 saturated heterocycles. The third-order valence-electron chi connectivity index (χ3n) is 5.09. The van der Waals surface area contributed by atoms with Gasteiger partial charge in [-0.05, 0) is 35.8 Å². The molecule has 3 nitrogen and oxygen atoms in total. The van der Waals surface area contributed by atoms with Crippen molar-refractivity contribution in [3.05, 3.63) is 35.4 Å². The summed E-state index contributed by atoms with van der Waals surface area (Å²) < 4.78 is 0. The van der Waals surface area contributed by atoms with Crippen LogP contribution in [0, 0.1) is 5.92 Å². The third-order valence-corrected chi connectivity index (χ3v) is 5.09. The number of carbonyl (C=O) groups excluding carboxylic acids is 1. The topological polar surface area (TPSA) is 32.3 Å². The van der Waals surface area contributed by atoms with Crippen molar-refractivity contribution in [2.75, 3.05) is 13.1 Å². The molecule has 1 amide bonds. The lowest BCUT2D eigenvalue weighted by Gasteiger charge is -2.38. The number of nitrogens with one attached hydrogen (secondary N) is 1. The average molecular weight is 316 g/mol. The zero-order valence-electron chi connectivity index (χ0n) is 15.5. The maximum Gasteiger partial charge on any atom is 0.219 e. The van der Waals surface area contributed by atoms with E-state index in [2.05, 4.69) is 64.2 Å². The van der Waals surface area contributed by atoms with Crippen molar-refractivity contribution in [1.82, 2.24) is 10.2 Å². The predicted molar refractivity (Wildman–Crippen MR) is 96.5 cm³/mol. The molecule has 1 aliphatic heterocycles. The highest BCUT2D eigenvalue weighted by molar-refractivity contribution is 5.73. The van der Waals surface area contributed by atoms with Gasteiger partial charge in [-0.1, -0.05) is 52.0 Å². The first kappa shape index (κ1) is 18.0. The second-order valence-corrected chi connectivity index (χ2v) is 8.10. The van der Waals surface area contributed by atoms with E-state index in [1.54, 1.807) is 6.92 Å². The van der Waals surface area contributed by atoms with Crippen LogP contribution in [0.5, 0.6) is 0 Å². The largest absolute Gasteiger partial charge is 0.343 e. The van der Waals surface area contributed by atoms with Gasteiger partial charge in [0.2, 0.25) is 5.91 Å². The van der Waals surface area contributed by atoms with Crippen molar-refractivity contribution in [3.63, 3.8) is 0 Å². The number of nitrogens with zero attached hydrogens (tertiary/aromatic N) is 1. The summed E-state index contributed by atoms with van der Waals surface area (Å²) in [6.45, 7) is 14.6. The Labute approximate surface area is 141 Å². The monoisotopic (exact) mass is 316 g/mol. The van der Waals surface area contributed by atoms with Crippen molar-refractivity contribution in [1.29, 1.82) is 0 Å². The van der Waals surface area contributed by atoms with E-state index in [0.717, 1.165) is 19.5 Å². The summed E-state index contributed by atoms with van der Waals surface area (Å²) in [6.07, 6.45) is 1.03. The second-order valence-electron chi connectivity index (χ2n) is 8.10. The quantitative estimate of drug-likeness (QED) is 0.917. The van der Waals surface area contributed by atoms with Crippen LogP contribution in [0.15, 0.2) is 24.3 Å². The van der Waals surface area contributed by atoms with Gasteiger partial charge in [0.25, 0.3) is 0 Å². The molecule has 1 aromatic carbocycles. The molecule has 0 aromatic heterocycles. The zero-order chi connectivity index (χ0) is 17.2. The number of rotatable bonds is 3. The number of piperidine rings is 1. The minimum Gasteiger partial charge on any atom is -0.343 e. The van der Waals surface area contributed by atoms with Crippen molar-refractivity contribution >= 4 is 5.91 Å². The molecule has 1 aliphatic rings. The maximum absolute atomic E-state index is 11.5. The smallest absolute Gasteiger partial charge is 0.219 e. The molecule has 3 atom stereocenters. The number of hydrogen-bond acceptors (Lipinski definition) is 2. The molecule has 3 heteroatoms. The Morgan fingerprint density at radius 2 is 1.87 bits per heavy atom. The van der Waals surface area contributed by atoms with E-state index in [9.17, 15) is 4.79 Å². The first-order chi connectivity index (χ1) is 10.7. The van der Waals surface area contributed by atoms with E-state index < -0.39 is 0 Å². The summed E-state index contributed by atoms with van der Waals surface area (Å²) >= 11 is 0. The zero-order valence-corrected chi connectivity index (χ0v) is 15.5. The number of hydrogen-bond donors (Lipinski definition) is 1. The molecule has 1 aromatic rings. The average Bonchev–Trinajstić information content (AvgIpc) is 2.48. The Balaban J connectivity index is 1.97. The lowest BCUT2D eigenvalue weighted by Crippen LogP contribution is -2.50. The highest BCUT2D eigenvalue weighted by atomic mass is 16.2. The molecular formula is C20H32N2O. The third kappa shape index (κ3) is 4.57. The number of carbonyl (C=O) groups is 1. The Morgan fingerprint density at radius 1 is 1.26 bits per heavy atom. The highest BCUT2D eigenvalue weighted by Gasteiger charge is 2.28. The second kappa shape index (κ2) is 7.04. The van der Waals surface area contributed by atoms with Gasteiger partial charge in [-0.2, -0.15) is 0 Å². The standard InChI is InChI=1S/C20H32N2O/c1-14-13-22(16(3)23)12-11-19(14)21-15(2)17-7-9-18(10-8-17)20(4,5)6/h7-10,14-15,19,21H,11-13H2,1-6H3/t14-,15+,19-/m0/s1. The minimum absolute atomic E-state index is 0.195. The van der Waals surface area contributed by atoms with Gasteiger partial charge in [0, 0.05) is 32.1 Å². The van der Waals surface area contributed by atoms with Gasteiger partial charge in [0.15, 0.2) is 0 Å². The van der Waals surface area contributed by atoms with Gasteiger partial charge in [0.1, 0.15) is 0 Å². The summed E-state index contributed by atoms with van der Waals surface area (Å²) in [5.41, 5.74) is 2.90. The van der Waals surface area contributed by atoms with Gasteiger partial charge in [-0.25, -0.2) is 0 Å². The fourth-order valence-electron chi connectivity index (χ4n) is 3.37. The molecule has 0 saturated carbocycles. The molecule has 2 rings (SSSR count). The molecule has 0 radical (unpaired) electrons. The van der Waals surface area contributed by atoms with Gasteiger partial charge in [-0.15, -0.1) is 0 Å². The normalized spacial score (nSPS) is 23.7. The molecule has 0 unspecified atom stereocenters. The van der Waals surface area contributed by atoms with E-state index in [1.165, 1.54) is 11.1 Å². The lowest BCUT2D eigenvalue weighted by molar-refractivity contribution is -0.130. The van der Waals surface area contributed by atoms with E-state index >= 15 is 0 Å². The van der Waals surface area contributed by atoms with Crippen LogP contribution in [0.3, 0.4) is 0 Å². The lowest BCUT2D eigenvalue weighted by atomic mass is 9.86. The van der Waals surface area contributed by atoms with E-state index in [0.29, 0.717) is 18.0 Å². The van der Waals surface area contributed by atoms with E-state index in [1.807, 2.05) is 4.90 Å². The molecule has 1 heterocycles. The van der Waals surface area contributed by atoms with Crippen LogP contribution in [0.25, 0.3) is 0 Å². The van der Waals surface area contributed by atoms with Gasteiger partial charge >= 0.3 is 0 Å². The van der Waals surface area contributed by atoms with Crippen LogP contribution in [-0.4, -0.2) is 29.9 Å². The van der Waals surface area contributed by atoms with Crippen molar-refractivity contribution in [3.8, 4) is 0 Å². The van der Waals surface area contributed by atoms with Gasteiger partial charge < -0.3 is 10.2 Å². The van der Waals surface area contributed by atoms with Crippen molar-refractivity contribution in [2.45, 2.75) is 65.5 Å². The number of likely N-dealkylation sites (tertiary alicyclic amines) is 1. The highest BCUT2D eigenvalue weighted by Crippen LogP contribution is 2.25. The Morgan fingerprint density at radius 3 is 2.35 bits per heavy atom. The summed E-state index contributed by atoms with van der Waals surface area (Å²) in [6, 6.07) is 9.79.